The zero-order chi connectivity index (χ0) is 11.4. The minimum atomic E-state index is 0.181. The standard InChI is InChI=1S/C13H24N2O/c1-13(8-5-9-13)14-10-12(16)15-11-6-3-2-4-7-11/h11,14H,2-10H2,1H3,(H,15,16). The summed E-state index contributed by atoms with van der Waals surface area (Å²) in [5.41, 5.74) is 0.240. The molecule has 2 N–H and O–H groups in total. The molecule has 0 aromatic heterocycles. The average Bonchev–Trinajstić information content (AvgIpc) is 2.25. The van der Waals surface area contributed by atoms with Gasteiger partial charge in [-0.1, -0.05) is 19.3 Å². The van der Waals surface area contributed by atoms with E-state index in [9.17, 15) is 4.79 Å². The Morgan fingerprint density at radius 2 is 1.88 bits per heavy atom. The maximum Gasteiger partial charge on any atom is 0.234 e. The summed E-state index contributed by atoms with van der Waals surface area (Å²) in [5.74, 6) is 0.181. The zero-order valence-electron chi connectivity index (χ0n) is 10.3. The van der Waals surface area contributed by atoms with Crippen LogP contribution in [0.4, 0.5) is 0 Å². The van der Waals surface area contributed by atoms with Gasteiger partial charge < -0.3 is 10.6 Å². The predicted molar refractivity (Wildman–Crippen MR) is 65.3 cm³/mol. The SMILES string of the molecule is CC1(NCC(=O)NC2CCCCC2)CCC1. The van der Waals surface area contributed by atoms with Crippen LogP contribution in [0.1, 0.15) is 58.3 Å². The van der Waals surface area contributed by atoms with Gasteiger partial charge in [-0.3, -0.25) is 4.79 Å². The van der Waals surface area contributed by atoms with Crippen molar-refractivity contribution < 1.29 is 4.79 Å². The Balaban J connectivity index is 1.63. The van der Waals surface area contributed by atoms with Crippen molar-refractivity contribution in [3.63, 3.8) is 0 Å². The van der Waals surface area contributed by atoms with Gasteiger partial charge in [0.05, 0.1) is 6.54 Å². The molecule has 0 aromatic rings. The molecule has 2 fully saturated rings. The van der Waals surface area contributed by atoms with Gasteiger partial charge in [0.1, 0.15) is 0 Å². The summed E-state index contributed by atoms with van der Waals surface area (Å²) in [6.07, 6.45) is 9.95. The Hall–Kier alpha value is -0.570. The predicted octanol–water partition coefficient (Wildman–Crippen LogP) is 1.97. The molecular formula is C13H24N2O. The fourth-order valence-corrected chi connectivity index (χ4v) is 2.70. The summed E-state index contributed by atoms with van der Waals surface area (Å²) >= 11 is 0. The molecule has 0 spiro atoms. The first-order valence-corrected chi connectivity index (χ1v) is 6.72. The summed E-state index contributed by atoms with van der Waals surface area (Å²) in [5, 5.41) is 6.51. The molecule has 2 rings (SSSR count). The highest BCUT2D eigenvalue weighted by Crippen LogP contribution is 2.30. The Morgan fingerprint density at radius 1 is 1.19 bits per heavy atom. The maximum atomic E-state index is 11.7. The lowest BCUT2D eigenvalue weighted by Crippen LogP contribution is -2.52. The molecule has 0 aromatic carbocycles. The molecule has 0 bridgehead atoms. The van der Waals surface area contributed by atoms with Crippen molar-refractivity contribution in [1.82, 2.24) is 10.6 Å². The van der Waals surface area contributed by atoms with Crippen LogP contribution in [0, 0.1) is 0 Å². The first-order valence-electron chi connectivity index (χ1n) is 6.72. The van der Waals surface area contributed by atoms with Gasteiger partial charge in [-0.05, 0) is 39.0 Å². The molecule has 92 valence electrons. The number of carbonyl (C=O) groups is 1. The van der Waals surface area contributed by atoms with Crippen LogP contribution in [-0.2, 0) is 4.79 Å². The first kappa shape index (κ1) is 11.9. The second kappa shape index (κ2) is 5.17. The molecular weight excluding hydrogens is 200 g/mol. The molecule has 0 atom stereocenters. The molecule has 1 amide bonds. The lowest BCUT2D eigenvalue weighted by molar-refractivity contribution is -0.121. The highest BCUT2D eigenvalue weighted by molar-refractivity contribution is 5.78. The van der Waals surface area contributed by atoms with Crippen LogP contribution < -0.4 is 10.6 Å². The van der Waals surface area contributed by atoms with Crippen molar-refractivity contribution in [2.45, 2.75) is 69.9 Å². The van der Waals surface area contributed by atoms with E-state index in [1.54, 1.807) is 0 Å². The Kier molecular flexibility index (Phi) is 3.85. The number of amides is 1. The topological polar surface area (TPSA) is 41.1 Å². The largest absolute Gasteiger partial charge is 0.352 e. The number of rotatable bonds is 4. The summed E-state index contributed by atoms with van der Waals surface area (Å²) < 4.78 is 0. The van der Waals surface area contributed by atoms with E-state index in [-0.39, 0.29) is 11.4 Å². The van der Waals surface area contributed by atoms with Crippen LogP contribution >= 0.6 is 0 Å². The smallest absolute Gasteiger partial charge is 0.234 e. The van der Waals surface area contributed by atoms with Gasteiger partial charge in [0.2, 0.25) is 5.91 Å². The molecule has 0 saturated heterocycles. The van der Waals surface area contributed by atoms with E-state index in [1.807, 2.05) is 0 Å². The molecule has 2 saturated carbocycles. The second-order valence-electron chi connectivity index (χ2n) is 5.67. The van der Waals surface area contributed by atoms with E-state index in [4.69, 9.17) is 0 Å². The van der Waals surface area contributed by atoms with Crippen molar-refractivity contribution in [2.75, 3.05) is 6.54 Å². The van der Waals surface area contributed by atoms with E-state index in [2.05, 4.69) is 17.6 Å². The van der Waals surface area contributed by atoms with Crippen molar-refractivity contribution >= 4 is 5.91 Å². The third-order valence-corrected chi connectivity index (χ3v) is 4.10. The average molecular weight is 224 g/mol. The minimum Gasteiger partial charge on any atom is -0.352 e. The fourth-order valence-electron chi connectivity index (χ4n) is 2.70. The van der Waals surface area contributed by atoms with Crippen LogP contribution in [-0.4, -0.2) is 24.0 Å². The van der Waals surface area contributed by atoms with Gasteiger partial charge >= 0.3 is 0 Å². The summed E-state index contributed by atoms with van der Waals surface area (Å²) in [7, 11) is 0. The Labute approximate surface area is 98.4 Å². The maximum absolute atomic E-state index is 11.7. The summed E-state index contributed by atoms with van der Waals surface area (Å²) in [4.78, 5) is 11.7. The fraction of sp³-hybridized carbons (Fsp3) is 0.923. The Morgan fingerprint density at radius 3 is 2.44 bits per heavy atom. The van der Waals surface area contributed by atoms with E-state index in [0.29, 0.717) is 12.6 Å². The van der Waals surface area contributed by atoms with Crippen LogP contribution in [0.15, 0.2) is 0 Å². The van der Waals surface area contributed by atoms with Gasteiger partial charge in [-0.25, -0.2) is 0 Å². The molecule has 0 heterocycles. The number of hydrogen-bond acceptors (Lipinski definition) is 2. The van der Waals surface area contributed by atoms with E-state index in [1.165, 1.54) is 51.4 Å². The lowest BCUT2D eigenvalue weighted by atomic mass is 9.78. The number of carbonyl (C=O) groups excluding carboxylic acids is 1. The van der Waals surface area contributed by atoms with Crippen LogP contribution in [0.5, 0.6) is 0 Å². The molecule has 3 nitrogen and oxygen atoms in total. The van der Waals surface area contributed by atoms with E-state index >= 15 is 0 Å². The second-order valence-corrected chi connectivity index (χ2v) is 5.67. The zero-order valence-corrected chi connectivity index (χ0v) is 10.3. The molecule has 0 aliphatic heterocycles. The molecule has 16 heavy (non-hydrogen) atoms. The summed E-state index contributed by atoms with van der Waals surface area (Å²) in [6.45, 7) is 2.71. The van der Waals surface area contributed by atoms with Gasteiger partial charge in [-0.2, -0.15) is 0 Å². The normalized spacial score (nSPS) is 24.8. The third kappa shape index (κ3) is 3.21. The number of nitrogens with one attached hydrogen (secondary N) is 2. The van der Waals surface area contributed by atoms with Crippen LogP contribution in [0.3, 0.4) is 0 Å². The number of hydrogen-bond donors (Lipinski definition) is 2. The molecule has 2 aliphatic carbocycles. The van der Waals surface area contributed by atoms with Crippen molar-refractivity contribution in [3.8, 4) is 0 Å². The Bertz CT molecular complexity index is 242. The van der Waals surface area contributed by atoms with Crippen molar-refractivity contribution in [3.05, 3.63) is 0 Å². The van der Waals surface area contributed by atoms with Crippen LogP contribution in [0.2, 0.25) is 0 Å². The van der Waals surface area contributed by atoms with Crippen LogP contribution in [0.25, 0.3) is 0 Å². The molecule has 3 heteroatoms. The van der Waals surface area contributed by atoms with Gasteiger partial charge in [0, 0.05) is 11.6 Å². The van der Waals surface area contributed by atoms with E-state index in [0.717, 1.165) is 0 Å². The summed E-state index contributed by atoms with van der Waals surface area (Å²) in [6, 6.07) is 0.442. The van der Waals surface area contributed by atoms with Crippen molar-refractivity contribution in [1.29, 1.82) is 0 Å². The monoisotopic (exact) mass is 224 g/mol. The molecule has 2 aliphatic rings. The van der Waals surface area contributed by atoms with Gasteiger partial charge in [-0.15, -0.1) is 0 Å². The highest BCUT2D eigenvalue weighted by Gasteiger charge is 2.31. The lowest BCUT2D eigenvalue weighted by Gasteiger charge is -2.39. The van der Waals surface area contributed by atoms with Gasteiger partial charge in [0.25, 0.3) is 0 Å². The van der Waals surface area contributed by atoms with E-state index < -0.39 is 0 Å². The molecule has 0 unspecified atom stereocenters. The third-order valence-electron chi connectivity index (χ3n) is 4.10. The minimum absolute atomic E-state index is 0.181. The van der Waals surface area contributed by atoms with Gasteiger partial charge in [0.15, 0.2) is 0 Å². The quantitative estimate of drug-likeness (QED) is 0.766. The molecule has 0 radical (unpaired) electrons. The first-order chi connectivity index (χ1) is 7.68. The highest BCUT2D eigenvalue weighted by atomic mass is 16.2. The van der Waals surface area contributed by atoms with Crippen molar-refractivity contribution in [2.24, 2.45) is 0 Å².